The molecule has 2 bridgehead atoms. The molecule has 0 amide bonds. The minimum absolute atomic E-state index is 0.0502. The summed E-state index contributed by atoms with van der Waals surface area (Å²) < 4.78 is 17.6. The van der Waals surface area contributed by atoms with Crippen LogP contribution in [-0.2, 0) is 28.9 Å². The normalized spacial score (nSPS) is 23.3. The SMILES string of the molecule is COc1ccc([C@H](Cc2c(Cl)c[n+]([O-])cc2Cl)OC(=O)c2ccc(CN3C(C(=O)O)c4ccccc4CC3[C@H]3CN4CCC3CC4)s2)cc1OC. The first-order valence-electron chi connectivity index (χ1n) is 17.0. The second-order valence-corrected chi connectivity index (χ2v) is 15.4. The van der Waals surface area contributed by atoms with E-state index in [1.165, 1.54) is 38.0 Å². The molecule has 0 spiro atoms. The third-order valence-electron chi connectivity index (χ3n) is 10.6. The highest BCUT2D eigenvalue weighted by molar-refractivity contribution is 7.13. The first-order chi connectivity index (χ1) is 24.6. The van der Waals surface area contributed by atoms with Crippen LogP contribution < -0.4 is 14.2 Å². The molecule has 268 valence electrons. The Labute approximate surface area is 310 Å². The summed E-state index contributed by atoms with van der Waals surface area (Å²) >= 11 is 14.2. The Morgan fingerprint density at radius 1 is 1.02 bits per heavy atom. The lowest BCUT2D eigenvalue weighted by molar-refractivity contribution is -0.605. The molecule has 3 saturated heterocycles. The second-order valence-electron chi connectivity index (χ2n) is 13.5. The van der Waals surface area contributed by atoms with Crippen molar-refractivity contribution < 1.29 is 33.6 Å². The van der Waals surface area contributed by atoms with Crippen molar-refractivity contribution >= 4 is 46.5 Å². The predicted octanol–water partition coefficient (Wildman–Crippen LogP) is 6.74. The van der Waals surface area contributed by atoms with E-state index in [0.717, 1.165) is 54.9 Å². The molecular formula is C38H39Cl2N3O7S. The summed E-state index contributed by atoms with van der Waals surface area (Å²) in [5, 5.41) is 22.9. The molecule has 0 radical (unpaired) electrons. The number of benzene rings is 2. The van der Waals surface area contributed by atoms with E-state index >= 15 is 0 Å². The number of hydrogen-bond acceptors (Lipinski definition) is 9. The van der Waals surface area contributed by atoms with Crippen molar-refractivity contribution in [2.45, 2.75) is 50.4 Å². The molecule has 2 unspecified atom stereocenters. The van der Waals surface area contributed by atoms with Gasteiger partial charge >= 0.3 is 11.9 Å². The molecule has 8 rings (SSSR count). The van der Waals surface area contributed by atoms with Gasteiger partial charge in [-0.1, -0.05) is 53.5 Å². The molecule has 4 atom stereocenters. The van der Waals surface area contributed by atoms with Crippen molar-refractivity contribution in [2.24, 2.45) is 11.8 Å². The van der Waals surface area contributed by atoms with Crippen LogP contribution >= 0.6 is 34.5 Å². The average molecular weight is 753 g/mol. The molecule has 10 nitrogen and oxygen atoms in total. The minimum Gasteiger partial charge on any atom is -0.619 e. The van der Waals surface area contributed by atoms with Gasteiger partial charge in [0.1, 0.15) is 27.1 Å². The smallest absolute Gasteiger partial charge is 0.348 e. The molecule has 6 heterocycles. The van der Waals surface area contributed by atoms with Crippen LogP contribution in [0.25, 0.3) is 0 Å². The molecule has 4 aliphatic heterocycles. The summed E-state index contributed by atoms with van der Waals surface area (Å²) in [5.41, 5.74) is 2.99. The van der Waals surface area contributed by atoms with E-state index in [0.29, 0.717) is 50.6 Å². The first-order valence-corrected chi connectivity index (χ1v) is 18.6. The van der Waals surface area contributed by atoms with Gasteiger partial charge < -0.3 is 29.4 Å². The van der Waals surface area contributed by atoms with Crippen LogP contribution in [0.1, 0.15) is 61.8 Å². The molecular weight excluding hydrogens is 713 g/mol. The van der Waals surface area contributed by atoms with E-state index < -0.39 is 24.1 Å². The van der Waals surface area contributed by atoms with Crippen molar-refractivity contribution in [1.82, 2.24) is 9.80 Å². The van der Waals surface area contributed by atoms with Gasteiger partial charge in [-0.15, -0.1) is 11.3 Å². The second kappa shape index (κ2) is 15.0. The lowest BCUT2D eigenvalue weighted by atomic mass is 9.71. The van der Waals surface area contributed by atoms with Crippen molar-refractivity contribution in [3.63, 3.8) is 0 Å². The predicted molar refractivity (Wildman–Crippen MR) is 194 cm³/mol. The fourth-order valence-electron chi connectivity index (χ4n) is 8.16. The van der Waals surface area contributed by atoms with E-state index in [-0.39, 0.29) is 22.5 Å². The van der Waals surface area contributed by atoms with Crippen LogP contribution in [0.4, 0.5) is 0 Å². The third kappa shape index (κ3) is 7.27. The summed E-state index contributed by atoms with van der Waals surface area (Å²) in [6.07, 6.45) is 4.72. The molecule has 2 aromatic heterocycles. The Bertz CT molecular complexity index is 1910. The van der Waals surface area contributed by atoms with Crippen LogP contribution in [0, 0.1) is 17.0 Å². The summed E-state index contributed by atoms with van der Waals surface area (Å²) in [6.45, 7) is 3.58. The zero-order valence-corrected chi connectivity index (χ0v) is 30.6. The van der Waals surface area contributed by atoms with Crippen LogP contribution in [0.15, 0.2) is 67.0 Å². The third-order valence-corrected chi connectivity index (χ3v) is 12.3. The number of ether oxygens (including phenoxy) is 3. The molecule has 3 fully saturated rings. The van der Waals surface area contributed by atoms with E-state index in [4.69, 9.17) is 37.4 Å². The quantitative estimate of drug-likeness (QED) is 0.101. The van der Waals surface area contributed by atoms with Gasteiger partial charge in [0, 0.05) is 36.0 Å². The largest absolute Gasteiger partial charge is 0.619 e. The van der Waals surface area contributed by atoms with Gasteiger partial charge in [-0.05, 0) is 85.1 Å². The van der Waals surface area contributed by atoms with E-state index in [2.05, 4.69) is 15.9 Å². The number of fused-ring (bicyclic) bond motifs is 4. The number of halogens is 2. The van der Waals surface area contributed by atoms with Gasteiger partial charge in [0.05, 0.1) is 14.2 Å². The van der Waals surface area contributed by atoms with Gasteiger partial charge in [0.15, 0.2) is 23.9 Å². The fraction of sp³-hybridized carbons (Fsp3) is 0.395. The number of thiophene rings is 1. The highest BCUT2D eigenvalue weighted by atomic mass is 35.5. The number of hydrogen-bond donors (Lipinski definition) is 1. The maximum Gasteiger partial charge on any atom is 0.348 e. The minimum atomic E-state index is -0.872. The number of aliphatic carboxylic acids is 1. The Morgan fingerprint density at radius 3 is 2.41 bits per heavy atom. The van der Waals surface area contributed by atoms with Crippen molar-refractivity contribution in [2.75, 3.05) is 33.9 Å². The highest BCUT2D eigenvalue weighted by Gasteiger charge is 2.46. The maximum atomic E-state index is 13.9. The average Bonchev–Trinajstić information content (AvgIpc) is 3.61. The molecule has 1 N–H and O–H groups in total. The zero-order valence-electron chi connectivity index (χ0n) is 28.3. The lowest BCUT2D eigenvalue weighted by Gasteiger charge is -2.52. The van der Waals surface area contributed by atoms with Crippen molar-refractivity contribution in [3.05, 3.63) is 114 Å². The summed E-state index contributed by atoms with van der Waals surface area (Å²) in [6, 6.07) is 16.0. The number of pyridine rings is 1. The maximum absolute atomic E-state index is 13.9. The van der Waals surface area contributed by atoms with E-state index in [1.807, 2.05) is 24.3 Å². The van der Waals surface area contributed by atoms with Crippen molar-refractivity contribution in [1.29, 1.82) is 0 Å². The number of carbonyl (C=O) groups is 2. The van der Waals surface area contributed by atoms with Gasteiger partial charge in [0.2, 0.25) is 0 Å². The molecule has 0 aliphatic carbocycles. The molecule has 13 heteroatoms. The van der Waals surface area contributed by atoms with E-state index in [1.54, 1.807) is 24.3 Å². The molecule has 51 heavy (non-hydrogen) atoms. The molecule has 4 aromatic rings. The number of methoxy groups -OCH3 is 2. The topological polar surface area (TPSA) is 115 Å². The monoisotopic (exact) mass is 751 g/mol. The van der Waals surface area contributed by atoms with Gasteiger partial charge in [-0.2, -0.15) is 4.73 Å². The molecule has 4 aliphatic rings. The molecule has 2 aromatic carbocycles. The number of piperidine rings is 3. The van der Waals surface area contributed by atoms with Gasteiger partial charge in [0.25, 0.3) is 0 Å². The Balaban J connectivity index is 1.17. The number of esters is 1. The van der Waals surface area contributed by atoms with Crippen LogP contribution in [0.5, 0.6) is 11.5 Å². The summed E-state index contributed by atoms with van der Waals surface area (Å²) in [4.78, 5) is 32.8. The number of carboxylic acid groups (broad SMARTS) is 1. The number of nitrogens with zero attached hydrogens (tertiary/aromatic N) is 3. The number of aromatic nitrogens is 1. The first kappa shape index (κ1) is 35.5. The zero-order chi connectivity index (χ0) is 35.8. The number of rotatable bonds is 11. The lowest BCUT2D eigenvalue weighted by Crippen LogP contribution is -2.58. The van der Waals surface area contributed by atoms with E-state index in [9.17, 15) is 19.9 Å². The number of carboxylic acids is 1. The highest BCUT2D eigenvalue weighted by Crippen LogP contribution is 2.44. The van der Waals surface area contributed by atoms with Crippen LogP contribution in [-0.4, -0.2) is 66.7 Å². The standard InChI is InChI=1S/C38H39Cl2N3O7S/c1-48-32-9-7-24(16-34(32)49-2)33(17-27-29(39)20-42(47)21-30(27)40)50-38(46)35-10-8-25(51-35)18-43-31(28-19-41-13-11-22(28)12-14-41)15-23-5-3-4-6-26(23)36(43)37(44)45/h3-10,16,20-22,28,31,33,36H,11-15,17-19H2,1-2H3,(H,44,45)/t28-,31?,33-,36?/m0/s1. The fourth-order valence-corrected chi connectivity index (χ4v) is 9.66. The number of carbonyl (C=O) groups excluding carboxylic acids is 1. The summed E-state index contributed by atoms with van der Waals surface area (Å²) in [7, 11) is 3.05. The Kier molecular flexibility index (Phi) is 10.5. The Hall–Kier alpha value is -3.87. The van der Waals surface area contributed by atoms with Crippen LogP contribution in [0.3, 0.4) is 0 Å². The summed E-state index contributed by atoms with van der Waals surface area (Å²) in [5.74, 6) is 0.459. The van der Waals surface area contributed by atoms with Gasteiger partial charge in [-0.25, -0.2) is 4.79 Å². The molecule has 0 saturated carbocycles. The van der Waals surface area contributed by atoms with Crippen LogP contribution in [0.2, 0.25) is 10.0 Å². The van der Waals surface area contributed by atoms with Crippen molar-refractivity contribution in [3.8, 4) is 11.5 Å². The Morgan fingerprint density at radius 2 is 1.75 bits per heavy atom. The van der Waals surface area contributed by atoms with Gasteiger partial charge in [-0.3, -0.25) is 9.69 Å².